The third kappa shape index (κ3) is 3.98. The number of nitrogens with zero attached hydrogens (tertiary/aromatic N) is 2. The highest BCUT2D eigenvalue weighted by atomic mass is 79.9. The topological polar surface area (TPSA) is 97.7 Å². The van der Waals surface area contributed by atoms with Crippen molar-refractivity contribution >= 4 is 43.5 Å². The minimum absolute atomic E-state index is 0.0439. The van der Waals surface area contributed by atoms with Gasteiger partial charge >= 0.3 is 5.97 Å². The fourth-order valence-corrected chi connectivity index (χ4v) is 5.33. The van der Waals surface area contributed by atoms with E-state index >= 15 is 0 Å². The normalized spacial score (nSPS) is 17.5. The summed E-state index contributed by atoms with van der Waals surface area (Å²) in [7, 11) is -1.15. The molecule has 1 unspecified atom stereocenters. The summed E-state index contributed by atoms with van der Waals surface area (Å²) in [4.78, 5) is 24.5. The molecule has 0 radical (unpaired) electrons. The van der Waals surface area contributed by atoms with Gasteiger partial charge in [-0.25, -0.2) is 13.2 Å². The molecule has 0 bridgehead atoms. The van der Waals surface area contributed by atoms with Crippen LogP contribution < -0.4 is 5.32 Å². The summed E-state index contributed by atoms with van der Waals surface area (Å²) in [6, 6.07) is 7.54. The van der Waals surface area contributed by atoms with E-state index in [1.807, 2.05) is 6.07 Å². The Labute approximate surface area is 171 Å². The molecular formula is C18H20BrN3O5S. The largest absolute Gasteiger partial charge is 0.464 e. The van der Waals surface area contributed by atoms with E-state index in [2.05, 4.69) is 26.0 Å². The van der Waals surface area contributed by atoms with Gasteiger partial charge in [0.25, 0.3) is 0 Å². The Morgan fingerprint density at radius 3 is 2.71 bits per heavy atom. The third-order valence-corrected chi connectivity index (χ3v) is 6.95. The van der Waals surface area contributed by atoms with Crippen LogP contribution in [0.2, 0.25) is 0 Å². The van der Waals surface area contributed by atoms with Gasteiger partial charge in [-0.05, 0) is 37.1 Å². The second-order valence-corrected chi connectivity index (χ2v) is 9.24. The molecule has 1 N–H and O–H groups in total. The number of nitrogens with one attached hydrogen (secondary N) is 1. The number of aromatic nitrogens is 1. The Balaban J connectivity index is 1.85. The molecule has 1 amide bonds. The quantitative estimate of drug-likeness (QED) is 0.677. The maximum atomic E-state index is 13.1. The van der Waals surface area contributed by atoms with Crippen LogP contribution in [0.4, 0.5) is 5.69 Å². The predicted molar refractivity (Wildman–Crippen MR) is 106 cm³/mol. The second-order valence-electron chi connectivity index (χ2n) is 6.44. The number of aryl methyl sites for hydroxylation is 1. The molecule has 0 saturated carbocycles. The lowest BCUT2D eigenvalue weighted by Crippen LogP contribution is -2.43. The number of methoxy groups -OCH3 is 1. The third-order valence-electron chi connectivity index (χ3n) is 4.58. The van der Waals surface area contributed by atoms with Crippen LogP contribution in [-0.4, -0.2) is 48.9 Å². The highest BCUT2D eigenvalue weighted by Gasteiger charge is 2.40. The molecule has 150 valence electrons. The Kier molecular flexibility index (Phi) is 5.92. The number of esters is 1. The van der Waals surface area contributed by atoms with Crippen molar-refractivity contribution in [2.24, 2.45) is 7.05 Å². The first-order valence-corrected chi connectivity index (χ1v) is 10.8. The van der Waals surface area contributed by atoms with E-state index in [1.165, 1.54) is 28.2 Å². The highest BCUT2D eigenvalue weighted by molar-refractivity contribution is 9.10. The Bertz CT molecular complexity index is 1020. The number of anilines is 1. The van der Waals surface area contributed by atoms with Crippen LogP contribution in [0.25, 0.3) is 0 Å². The van der Waals surface area contributed by atoms with E-state index in [4.69, 9.17) is 0 Å². The van der Waals surface area contributed by atoms with Crippen LogP contribution >= 0.6 is 15.9 Å². The molecule has 0 aliphatic carbocycles. The summed E-state index contributed by atoms with van der Waals surface area (Å²) in [6.07, 6.45) is 2.35. The van der Waals surface area contributed by atoms with Crippen LogP contribution in [0.15, 0.2) is 45.9 Å². The molecule has 1 aromatic heterocycles. The number of rotatable bonds is 5. The van der Waals surface area contributed by atoms with E-state index in [-0.39, 0.29) is 23.0 Å². The molecule has 3 rings (SSSR count). The average Bonchev–Trinajstić information content (AvgIpc) is 3.28. The van der Waals surface area contributed by atoms with Gasteiger partial charge in [-0.15, -0.1) is 0 Å². The average molecular weight is 470 g/mol. The molecule has 2 heterocycles. The maximum Gasteiger partial charge on any atom is 0.354 e. The van der Waals surface area contributed by atoms with Gasteiger partial charge in [0.1, 0.15) is 16.6 Å². The molecule has 28 heavy (non-hydrogen) atoms. The van der Waals surface area contributed by atoms with Gasteiger partial charge in [0.2, 0.25) is 15.9 Å². The fraction of sp³-hybridized carbons (Fsp3) is 0.333. The first-order valence-electron chi connectivity index (χ1n) is 8.57. The summed E-state index contributed by atoms with van der Waals surface area (Å²) in [5.74, 6) is -1.02. The number of hydrogen-bond acceptors (Lipinski definition) is 5. The number of sulfonamides is 1. The van der Waals surface area contributed by atoms with Gasteiger partial charge in [0.05, 0.1) is 7.11 Å². The predicted octanol–water partition coefficient (Wildman–Crippen LogP) is 2.37. The molecule has 1 aliphatic rings. The molecule has 10 heteroatoms. The number of benzene rings is 1. The van der Waals surface area contributed by atoms with E-state index in [0.29, 0.717) is 18.5 Å². The summed E-state index contributed by atoms with van der Waals surface area (Å²) in [6.45, 7) is 0.237. The van der Waals surface area contributed by atoms with Crippen LogP contribution in [0.1, 0.15) is 23.3 Å². The zero-order valence-electron chi connectivity index (χ0n) is 15.4. The molecule has 8 nitrogen and oxygen atoms in total. The van der Waals surface area contributed by atoms with Gasteiger partial charge in [-0.3, -0.25) is 4.79 Å². The first-order chi connectivity index (χ1) is 13.2. The van der Waals surface area contributed by atoms with Crippen LogP contribution in [0, 0.1) is 0 Å². The van der Waals surface area contributed by atoms with Crippen molar-refractivity contribution in [3.05, 3.63) is 46.7 Å². The summed E-state index contributed by atoms with van der Waals surface area (Å²) in [5.41, 5.74) is 0.701. The lowest BCUT2D eigenvalue weighted by atomic mass is 10.2. The molecular weight excluding hydrogens is 450 g/mol. The summed E-state index contributed by atoms with van der Waals surface area (Å²) < 4.78 is 34.3. The van der Waals surface area contributed by atoms with E-state index in [0.717, 1.165) is 4.47 Å². The zero-order valence-corrected chi connectivity index (χ0v) is 17.8. The van der Waals surface area contributed by atoms with Crippen molar-refractivity contribution in [3.8, 4) is 0 Å². The molecule has 1 atom stereocenters. The number of halogens is 1. The highest BCUT2D eigenvalue weighted by Crippen LogP contribution is 2.28. The smallest absolute Gasteiger partial charge is 0.354 e. The Hall–Kier alpha value is -2.17. The second kappa shape index (κ2) is 8.06. The van der Waals surface area contributed by atoms with Crippen LogP contribution in [0.3, 0.4) is 0 Å². The summed E-state index contributed by atoms with van der Waals surface area (Å²) in [5, 5.41) is 2.77. The lowest BCUT2D eigenvalue weighted by molar-refractivity contribution is -0.119. The standard InChI is InChI=1S/C18H20BrN3O5S/c1-21-11-14(10-16(21)18(24)27-2)28(25,26)22-8-4-7-15(22)17(23)20-13-6-3-5-12(19)9-13/h3,5-6,9-11,15H,4,7-8H2,1-2H3,(H,20,23). The Morgan fingerprint density at radius 1 is 1.29 bits per heavy atom. The maximum absolute atomic E-state index is 13.1. The number of amides is 1. The van der Waals surface area contributed by atoms with Gasteiger partial charge < -0.3 is 14.6 Å². The number of carbonyl (C=O) groups excluding carboxylic acids is 2. The number of carbonyl (C=O) groups is 2. The number of ether oxygens (including phenoxy) is 1. The van der Waals surface area contributed by atoms with Crippen molar-refractivity contribution < 1.29 is 22.7 Å². The van der Waals surface area contributed by atoms with Gasteiger partial charge in [0.15, 0.2) is 0 Å². The van der Waals surface area contributed by atoms with E-state index in [1.54, 1.807) is 25.2 Å². The van der Waals surface area contributed by atoms with Crippen molar-refractivity contribution in [1.29, 1.82) is 0 Å². The molecule has 1 saturated heterocycles. The molecule has 1 aromatic carbocycles. The molecule has 1 aliphatic heterocycles. The van der Waals surface area contributed by atoms with Crippen molar-refractivity contribution in [2.75, 3.05) is 19.0 Å². The first kappa shape index (κ1) is 20.6. The molecule has 2 aromatic rings. The minimum Gasteiger partial charge on any atom is -0.464 e. The molecule has 0 spiro atoms. The summed E-state index contributed by atoms with van der Waals surface area (Å²) >= 11 is 3.34. The fourth-order valence-electron chi connectivity index (χ4n) is 3.20. The van der Waals surface area contributed by atoms with E-state index in [9.17, 15) is 18.0 Å². The van der Waals surface area contributed by atoms with Crippen molar-refractivity contribution in [2.45, 2.75) is 23.8 Å². The minimum atomic E-state index is -3.94. The van der Waals surface area contributed by atoms with Crippen LogP contribution in [-0.2, 0) is 26.6 Å². The monoisotopic (exact) mass is 469 g/mol. The van der Waals surface area contributed by atoms with Gasteiger partial charge in [-0.2, -0.15) is 4.31 Å². The lowest BCUT2D eigenvalue weighted by Gasteiger charge is -2.23. The van der Waals surface area contributed by atoms with Gasteiger partial charge in [-0.1, -0.05) is 22.0 Å². The van der Waals surface area contributed by atoms with Crippen molar-refractivity contribution in [1.82, 2.24) is 8.87 Å². The van der Waals surface area contributed by atoms with Gasteiger partial charge in [0, 0.05) is 29.9 Å². The molecule has 1 fully saturated rings. The van der Waals surface area contributed by atoms with Crippen LogP contribution in [0.5, 0.6) is 0 Å². The Morgan fingerprint density at radius 2 is 2.04 bits per heavy atom. The van der Waals surface area contributed by atoms with Crippen molar-refractivity contribution in [3.63, 3.8) is 0 Å². The van der Waals surface area contributed by atoms with E-state index < -0.39 is 22.0 Å². The SMILES string of the molecule is COC(=O)c1cc(S(=O)(=O)N2CCCC2C(=O)Nc2cccc(Br)c2)cn1C. The number of hydrogen-bond donors (Lipinski definition) is 1. The zero-order chi connectivity index (χ0) is 20.5.